The first-order chi connectivity index (χ1) is 22.2. The first-order valence-electron chi connectivity index (χ1n) is 16.1. The van der Waals surface area contributed by atoms with E-state index in [0.29, 0.717) is 48.6 Å². The molecule has 0 radical (unpaired) electrons. The third-order valence-corrected chi connectivity index (χ3v) is 11.5. The number of benzene rings is 2. The molecule has 1 fully saturated rings. The normalized spacial score (nSPS) is 25.9. The third-order valence-electron chi connectivity index (χ3n) is 9.47. The number of allylic oxidation sites excluding steroid dienone is 1. The highest BCUT2D eigenvalue weighted by Crippen LogP contribution is 2.42. The van der Waals surface area contributed by atoms with Crippen LogP contribution in [-0.4, -0.2) is 53.5 Å². The maximum Gasteiger partial charge on any atom is 0.264 e. The SMILES string of the molecule is C[C@@H]1CC/C=C/[C@H](OCc2ncn(C)n2)[C@@H]2CC[C@H]2CN2CCCCc3cc(Cl)ccc3COc3ccc(cc32)C(=O)NS1(=O)=O. The second-order valence-electron chi connectivity index (χ2n) is 12.7. The molecule has 46 heavy (non-hydrogen) atoms. The number of aromatic nitrogens is 3. The first-order valence-corrected chi connectivity index (χ1v) is 18.1. The number of halogens is 1. The number of sulfonamides is 1. The Morgan fingerprint density at radius 2 is 1.98 bits per heavy atom. The second kappa shape index (κ2) is 14.1. The van der Waals surface area contributed by atoms with Crippen LogP contribution in [0.3, 0.4) is 0 Å². The van der Waals surface area contributed by atoms with Crippen molar-refractivity contribution in [1.29, 1.82) is 0 Å². The molecule has 1 aliphatic carbocycles. The van der Waals surface area contributed by atoms with Crippen LogP contribution in [0.25, 0.3) is 0 Å². The van der Waals surface area contributed by atoms with Crippen molar-refractivity contribution in [2.45, 2.75) is 76.4 Å². The molecule has 1 amide bonds. The largest absolute Gasteiger partial charge is 0.487 e. The van der Waals surface area contributed by atoms with E-state index in [4.69, 9.17) is 21.1 Å². The predicted molar refractivity (Wildman–Crippen MR) is 177 cm³/mol. The van der Waals surface area contributed by atoms with Gasteiger partial charge in [0.05, 0.1) is 17.0 Å². The lowest BCUT2D eigenvalue weighted by Crippen LogP contribution is -2.44. The molecule has 10 nitrogen and oxygen atoms in total. The number of anilines is 1. The fourth-order valence-electron chi connectivity index (χ4n) is 6.56. The Kier molecular flexibility index (Phi) is 10.0. The Bertz CT molecular complexity index is 1690. The maximum atomic E-state index is 13.3. The zero-order valence-corrected chi connectivity index (χ0v) is 28.0. The number of nitrogens with one attached hydrogen (secondary N) is 1. The molecule has 3 aromatic rings. The van der Waals surface area contributed by atoms with Crippen LogP contribution in [0.1, 0.15) is 72.8 Å². The Hall–Kier alpha value is -3.41. The Morgan fingerprint density at radius 1 is 1.11 bits per heavy atom. The van der Waals surface area contributed by atoms with Gasteiger partial charge in [-0.1, -0.05) is 29.8 Å². The van der Waals surface area contributed by atoms with Crippen molar-refractivity contribution >= 4 is 33.2 Å². The van der Waals surface area contributed by atoms with Crippen LogP contribution in [0.5, 0.6) is 5.75 Å². The molecular weight excluding hydrogens is 626 g/mol. The van der Waals surface area contributed by atoms with Gasteiger partial charge >= 0.3 is 0 Å². The van der Waals surface area contributed by atoms with Gasteiger partial charge in [-0.25, -0.2) is 18.1 Å². The summed E-state index contributed by atoms with van der Waals surface area (Å²) in [7, 11) is -2.06. The van der Waals surface area contributed by atoms with Crippen LogP contribution in [0.4, 0.5) is 5.69 Å². The van der Waals surface area contributed by atoms with Crippen molar-refractivity contribution in [3.63, 3.8) is 0 Å². The highest BCUT2D eigenvalue weighted by atomic mass is 35.5. The molecule has 2 aromatic carbocycles. The fraction of sp³-hybridized carbons (Fsp3) is 0.500. The van der Waals surface area contributed by atoms with Crippen LogP contribution in [0.2, 0.25) is 5.02 Å². The number of hydrogen-bond acceptors (Lipinski definition) is 8. The van der Waals surface area contributed by atoms with Gasteiger partial charge in [0.2, 0.25) is 10.0 Å². The predicted octanol–water partition coefficient (Wildman–Crippen LogP) is 5.60. The lowest BCUT2D eigenvalue weighted by Gasteiger charge is -2.44. The van der Waals surface area contributed by atoms with Crippen LogP contribution < -0.4 is 14.4 Å². The number of carbonyl (C=O) groups excluding carboxylic acids is 1. The van der Waals surface area contributed by atoms with Crippen LogP contribution in [0, 0.1) is 11.8 Å². The van der Waals surface area contributed by atoms with E-state index < -0.39 is 21.2 Å². The summed E-state index contributed by atoms with van der Waals surface area (Å²) in [5.74, 6) is 1.27. The minimum Gasteiger partial charge on any atom is -0.487 e. The molecule has 12 heteroatoms. The van der Waals surface area contributed by atoms with Gasteiger partial charge in [0.15, 0.2) is 5.82 Å². The van der Waals surface area contributed by atoms with Gasteiger partial charge in [-0.05, 0) is 105 Å². The Balaban J connectivity index is 1.34. The number of ether oxygens (including phenoxy) is 2. The molecule has 4 atom stereocenters. The summed E-state index contributed by atoms with van der Waals surface area (Å²) in [5.41, 5.74) is 3.33. The molecule has 3 heterocycles. The van der Waals surface area contributed by atoms with Gasteiger partial charge in [-0.2, -0.15) is 5.10 Å². The summed E-state index contributed by atoms with van der Waals surface area (Å²) in [6.45, 7) is 3.81. The summed E-state index contributed by atoms with van der Waals surface area (Å²) in [4.78, 5) is 20.0. The Morgan fingerprint density at radius 3 is 2.76 bits per heavy atom. The topological polar surface area (TPSA) is 116 Å². The molecule has 3 aliphatic rings. The number of carbonyl (C=O) groups is 1. The first kappa shape index (κ1) is 32.5. The van der Waals surface area contributed by atoms with Crippen molar-refractivity contribution in [2.24, 2.45) is 18.9 Å². The lowest BCUT2D eigenvalue weighted by molar-refractivity contribution is -0.0247. The summed E-state index contributed by atoms with van der Waals surface area (Å²) in [5, 5.41) is 4.34. The molecule has 246 valence electrons. The molecule has 2 aliphatic heterocycles. The van der Waals surface area contributed by atoms with E-state index in [0.717, 1.165) is 56.4 Å². The summed E-state index contributed by atoms with van der Waals surface area (Å²) >= 11 is 6.34. The van der Waals surface area contributed by atoms with E-state index >= 15 is 0 Å². The minimum atomic E-state index is -3.89. The lowest BCUT2D eigenvalue weighted by atomic mass is 9.70. The molecule has 6 rings (SSSR count). The number of amides is 1. The molecule has 1 saturated carbocycles. The maximum absolute atomic E-state index is 13.3. The molecule has 2 bridgehead atoms. The van der Waals surface area contributed by atoms with Crippen LogP contribution in [0.15, 0.2) is 54.9 Å². The third kappa shape index (κ3) is 7.58. The van der Waals surface area contributed by atoms with E-state index in [1.165, 1.54) is 5.56 Å². The molecule has 0 spiro atoms. The van der Waals surface area contributed by atoms with Crippen molar-refractivity contribution in [3.8, 4) is 5.75 Å². The average Bonchev–Trinajstić information content (AvgIpc) is 3.42. The summed E-state index contributed by atoms with van der Waals surface area (Å²) in [6, 6.07) is 11.1. The van der Waals surface area contributed by atoms with Gasteiger partial charge < -0.3 is 14.4 Å². The van der Waals surface area contributed by atoms with E-state index in [1.54, 1.807) is 36.1 Å². The molecule has 0 unspecified atom stereocenters. The van der Waals surface area contributed by atoms with E-state index in [1.807, 2.05) is 31.3 Å². The van der Waals surface area contributed by atoms with Gasteiger partial charge in [-0.15, -0.1) is 0 Å². The van der Waals surface area contributed by atoms with Crippen molar-refractivity contribution in [3.05, 3.63) is 82.4 Å². The second-order valence-corrected chi connectivity index (χ2v) is 15.2. The number of nitrogens with zero attached hydrogens (tertiary/aromatic N) is 4. The highest BCUT2D eigenvalue weighted by Gasteiger charge is 2.38. The van der Waals surface area contributed by atoms with Crippen molar-refractivity contribution in [2.75, 3.05) is 18.0 Å². The zero-order chi connectivity index (χ0) is 32.3. The highest BCUT2D eigenvalue weighted by molar-refractivity contribution is 7.90. The van der Waals surface area contributed by atoms with E-state index in [-0.39, 0.29) is 17.6 Å². The standard InChI is InChI=1S/C34H42ClN5O5S/c1-23-7-3-4-9-31(45-21-33-36-22-39(2)37-33)29-14-11-26(29)19-40-16-6-5-8-24-17-28(35)13-10-27(24)20-44-32-15-12-25(18-30(32)40)34(41)38-46(23,42)43/h4,9-10,12-13,15,17-18,22-23,26,29,31H,3,5-8,11,14,16,19-21H2,1-2H3,(H,38,41)/b9-4+/t23-,26+,29-,31+/m1/s1. The fourth-order valence-corrected chi connectivity index (χ4v) is 7.78. The van der Waals surface area contributed by atoms with Gasteiger partial charge in [0.25, 0.3) is 5.91 Å². The molecule has 1 aromatic heterocycles. The minimum absolute atomic E-state index is 0.160. The molecular formula is C34H42ClN5O5S. The number of hydrogen-bond donors (Lipinski definition) is 1. The summed E-state index contributed by atoms with van der Waals surface area (Å²) in [6.07, 6.45) is 11.4. The Labute approximate surface area is 276 Å². The van der Waals surface area contributed by atoms with E-state index in [9.17, 15) is 13.2 Å². The average molecular weight is 668 g/mol. The van der Waals surface area contributed by atoms with E-state index in [2.05, 4.69) is 25.8 Å². The number of rotatable bonds is 3. The van der Waals surface area contributed by atoms with Crippen LogP contribution >= 0.6 is 11.6 Å². The van der Waals surface area contributed by atoms with Crippen molar-refractivity contribution in [1.82, 2.24) is 19.5 Å². The quantitative estimate of drug-likeness (QED) is 0.359. The number of aryl methyl sites for hydroxylation is 2. The molecule has 0 saturated heterocycles. The van der Waals surface area contributed by atoms with Crippen molar-refractivity contribution < 1.29 is 22.7 Å². The van der Waals surface area contributed by atoms with Crippen LogP contribution in [-0.2, 0) is 41.4 Å². The zero-order valence-electron chi connectivity index (χ0n) is 26.4. The summed E-state index contributed by atoms with van der Waals surface area (Å²) < 4.78 is 43.2. The molecule has 1 N–H and O–H groups in total. The van der Waals surface area contributed by atoms with Gasteiger partial charge in [0, 0.05) is 30.7 Å². The smallest absolute Gasteiger partial charge is 0.264 e. The monoisotopic (exact) mass is 667 g/mol. The van der Waals surface area contributed by atoms with Gasteiger partial charge in [0.1, 0.15) is 25.3 Å². The number of fused-ring (bicyclic) bond motifs is 3. The van der Waals surface area contributed by atoms with Gasteiger partial charge in [-0.3, -0.25) is 9.48 Å².